The Morgan fingerprint density at radius 2 is 1.50 bits per heavy atom. The third-order valence-corrected chi connectivity index (χ3v) is 9.59. The fourth-order valence-corrected chi connectivity index (χ4v) is 6.80. The van der Waals surface area contributed by atoms with E-state index in [2.05, 4.69) is 5.32 Å². The van der Waals surface area contributed by atoms with Gasteiger partial charge in [0.2, 0.25) is 11.8 Å². The number of ether oxygens (including phenoxy) is 1. The highest BCUT2D eigenvalue weighted by atomic mass is 32.2. The Balaban J connectivity index is 1.83. The average molecular weight is 642 g/mol. The first-order valence-electron chi connectivity index (χ1n) is 15.4. The van der Waals surface area contributed by atoms with Crippen LogP contribution in [0.3, 0.4) is 0 Å². The number of amides is 2. The van der Waals surface area contributed by atoms with Gasteiger partial charge >= 0.3 is 0 Å². The van der Waals surface area contributed by atoms with Crippen LogP contribution in [0.15, 0.2) is 102 Å². The number of hydrogen-bond acceptors (Lipinski definition) is 5. The summed E-state index contributed by atoms with van der Waals surface area (Å²) < 4.78 is 35.1. The molecule has 0 aromatic heterocycles. The monoisotopic (exact) mass is 641 g/mol. The van der Waals surface area contributed by atoms with Gasteiger partial charge in [-0.25, -0.2) is 8.42 Å². The molecule has 0 spiro atoms. The smallest absolute Gasteiger partial charge is 0.264 e. The summed E-state index contributed by atoms with van der Waals surface area (Å²) in [6.07, 6.45) is 0.975. The summed E-state index contributed by atoms with van der Waals surface area (Å²) in [5, 5.41) is 2.97. The van der Waals surface area contributed by atoms with Crippen LogP contribution in [0.2, 0.25) is 0 Å². The zero-order valence-electron chi connectivity index (χ0n) is 27.2. The molecule has 8 nitrogen and oxygen atoms in total. The van der Waals surface area contributed by atoms with Gasteiger partial charge in [-0.05, 0) is 74.2 Å². The minimum Gasteiger partial charge on any atom is -0.497 e. The minimum atomic E-state index is -4.17. The Kier molecular flexibility index (Phi) is 11.6. The lowest BCUT2D eigenvalue weighted by Gasteiger charge is -2.34. The number of aryl methyl sites for hydroxylation is 3. The van der Waals surface area contributed by atoms with Gasteiger partial charge < -0.3 is 15.0 Å². The molecule has 0 radical (unpaired) electrons. The zero-order chi connectivity index (χ0) is 33.3. The number of methoxy groups -OCH3 is 1. The molecule has 0 aliphatic rings. The van der Waals surface area contributed by atoms with E-state index in [4.69, 9.17) is 4.74 Å². The number of sulfonamides is 1. The van der Waals surface area contributed by atoms with Crippen molar-refractivity contribution in [3.05, 3.63) is 125 Å². The Morgan fingerprint density at radius 1 is 0.826 bits per heavy atom. The number of anilines is 1. The van der Waals surface area contributed by atoms with Crippen LogP contribution >= 0.6 is 0 Å². The SMILES string of the molecule is CCCNC(=O)[C@@H](Cc1ccccc1)N(Cc1cccc(OC)c1)C(=O)CN(c1ccc(C)cc1C)S(=O)(=O)c1ccc(C)cc1. The van der Waals surface area contributed by atoms with Gasteiger partial charge in [0.25, 0.3) is 10.0 Å². The first-order valence-corrected chi connectivity index (χ1v) is 16.9. The van der Waals surface area contributed by atoms with Gasteiger partial charge in [-0.3, -0.25) is 13.9 Å². The molecule has 0 saturated carbocycles. The summed E-state index contributed by atoms with van der Waals surface area (Å²) in [5.41, 5.74) is 4.62. The van der Waals surface area contributed by atoms with E-state index >= 15 is 0 Å². The highest BCUT2D eigenvalue weighted by Gasteiger charge is 2.35. The molecule has 46 heavy (non-hydrogen) atoms. The highest BCUT2D eigenvalue weighted by molar-refractivity contribution is 7.92. The van der Waals surface area contributed by atoms with Crippen molar-refractivity contribution in [3.63, 3.8) is 0 Å². The number of carbonyl (C=O) groups excluding carboxylic acids is 2. The lowest BCUT2D eigenvalue weighted by atomic mass is 10.0. The number of hydrogen-bond donors (Lipinski definition) is 1. The van der Waals surface area contributed by atoms with Crippen LogP contribution in [0.1, 0.15) is 41.2 Å². The molecular formula is C37H43N3O5S. The van der Waals surface area contributed by atoms with Gasteiger partial charge in [-0.15, -0.1) is 0 Å². The summed E-state index contributed by atoms with van der Waals surface area (Å²) in [5.74, 6) is -0.203. The largest absolute Gasteiger partial charge is 0.497 e. The second-order valence-corrected chi connectivity index (χ2v) is 13.3. The Bertz CT molecular complexity index is 1740. The van der Waals surface area contributed by atoms with Gasteiger partial charge in [-0.1, -0.05) is 84.8 Å². The molecule has 4 rings (SSSR count). The third-order valence-electron chi connectivity index (χ3n) is 7.82. The molecule has 0 saturated heterocycles. The van der Waals surface area contributed by atoms with Crippen LogP contribution in [-0.4, -0.2) is 51.4 Å². The maximum absolute atomic E-state index is 14.6. The standard InChI is InChI=1S/C37H43N3O5S/c1-6-21-38-37(42)35(24-30-11-8-7-9-12-30)39(25-31-13-10-14-32(23-31)45-5)36(41)26-40(34-20-17-28(3)22-29(34)4)46(43,44)33-18-15-27(2)16-19-33/h7-20,22-23,35H,6,21,24-26H2,1-5H3,(H,38,42)/t35-/m1/s1. The maximum Gasteiger partial charge on any atom is 0.264 e. The molecule has 0 fully saturated rings. The Hall–Kier alpha value is -4.63. The first-order chi connectivity index (χ1) is 22.0. The topological polar surface area (TPSA) is 96.0 Å². The fourth-order valence-electron chi connectivity index (χ4n) is 5.32. The van der Waals surface area contributed by atoms with Crippen molar-refractivity contribution < 1.29 is 22.7 Å². The van der Waals surface area contributed by atoms with Gasteiger partial charge in [0.15, 0.2) is 0 Å². The van der Waals surface area contributed by atoms with Gasteiger partial charge in [0.1, 0.15) is 18.3 Å². The van der Waals surface area contributed by atoms with Crippen molar-refractivity contribution in [1.29, 1.82) is 0 Å². The maximum atomic E-state index is 14.6. The Labute approximate surface area is 273 Å². The molecule has 2 amide bonds. The molecule has 9 heteroatoms. The van der Waals surface area contributed by atoms with E-state index in [9.17, 15) is 18.0 Å². The van der Waals surface area contributed by atoms with Crippen LogP contribution in [0.4, 0.5) is 5.69 Å². The van der Waals surface area contributed by atoms with E-state index in [1.54, 1.807) is 43.5 Å². The average Bonchev–Trinajstić information content (AvgIpc) is 3.05. The second kappa shape index (κ2) is 15.6. The van der Waals surface area contributed by atoms with Crippen LogP contribution < -0.4 is 14.4 Å². The van der Waals surface area contributed by atoms with E-state index < -0.39 is 28.5 Å². The van der Waals surface area contributed by atoms with Crippen molar-refractivity contribution >= 4 is 27.5 Å². The summed E-state index contributed by atoms with van der Waals surface area (Å²) in [4.78, 5) is 30.0. The molecule has 0 unspecified atom stereocenters. The molecule has 0 bridgehead atoms. The van der Waals surface area contributed by atoms with E-state index in [1.807, 2.05) is 88.4 Å². The first kappa shape index (κ1) is 34.2. The van der Waals surface area contributed by atoms with E-state index in [1.165, 1.54) is 4.90 Å². The predicted molar refractivity (Wildman–Crippen MR) is 182 cm³/mol. The summed E-state index contributed by atoms with van der Waals surface area (Å²) in [6, 6.07) is 27.9. The molecule has 0 heterocycles. The number of nitrogens with zero attached hydrogens (tertiary/aromatic N) is 2. The van der Waals surface area contributed by atoms with E-state index in [0.717, 1.165) is 33.0 Å². The molecule has 1 atom stereocenters. The van der Waals surface area contributed by atoms with Crippen molar-refractivity contribution in [1.82, 2.24) is 10.2 Å². The molecule has 1 N–H and O–H groups in total. The number of rotatable bonds is 14. The molecule has 4 aromatic rings. The van der Waals surface area contributed by atoms with Crippen molar-refractivity contribution in [2.75, 3.05) is 24.5 Å². The molecule has 242 valence electrons. The van der Waals surface area contributed by atoms with E-state index in [-0.39, 0.29) is 23.8 Å². The lowest BCUT2D eigenvalue weighted by Crippen LogP contribution is -2.53. The van der Waals surface area contributed by atoms with Gasteiger partial charge in [0.05, 0.1) is 17.7 Å². The normalized spacial score (nSPS) is 11.8. The molecule has 0 aliphatic carbocycles. The Morgan fingerprint density at radius 3 is 2.15 bits per heavy atom. The summed E-state index contributed by atoms with van der Waals surface area (Å²) in [6.45, 7) is 7.61. The quantitative estimate of drug-likeness (QED) is 0.183. The number of carbonyl (C=O) groups is 2. The zero-order valence-corrected chi connectivity index (χ0v) is 28.0. The summed E-state index contributed by atoms with van der Waals surface area (Å²) in [7, 11) is -2.61. The van der Waals surface area contributed by atoms with Crippen molar-refractivity contribution in [2.24, 2.45) is 0 Å². The van der Waals surface area contributed by atoms with E-state index in [0.29, 0.717) is 23.5 Å². The van der Waals surface area contributed by atoms with Crippen LogP contribution in [0.25, 0.3) is 0 Å². The van der Waals surface area contributed by atoms with Crippen LogP contribution in [-0.2, 0) is 32.6 Å². The fraction of sp³-hybridized carbons (Fsp3) is 0.297. The molecule has 4 aromatic carbocycles. The molecular weight excluding hydrogens is 598 g/mol. The van der Waals surface area contributed by atoms with Crippen LogP contribution in [0.5, 0.6) is 5.75 Å². The van der Waals surface area contributed by atoms with Crippen molar-refractivity contribution in [2.45, 2.75) is 58.0 Å². The third kappa shape index (κ3) is 8.54. The predicted octanol–water partition coefficient (Wildman–Crippen LogP) is 5.98. The van der Waals surface area contributed by atoms with Gasteiger partial charge in [0, 0.05) is 19.5 Å². The lowest BCUT2D eigenvalue weighted by molar-refractivity contribution is -0.140. The summed E-state index contributed by atoms with van der Waals surface area (Å²) >= 11 is 0. The molecule has 0 aliphatic heterocycles. The number of benzene rings is 4. The minimum absolute atomic E-state index is 0.0678. The van der Waals surface area contributed by atoms with Crippen molar-refractivity contribution in [3.8, 4) is 5.75 Å². The number of nitrogens with one attached hydrogen (secondary N) is 1. The van der Waals surface area contributed by atoms with Gasteiger partial charge in [-0.2, -0.15) is 0 Å². The second-order valence-electron chi connectivity index (χ2n) is 11.5. The van der Waals surface area contributed by atoms with Crippen LogP contribution in [0, 0.1) is 20.8 Å². The highest BCUT2D eigenvalue weighted by Crippen LogP contribution is 2.29.